The van der Waals surface area contributed by atoms with Gasteiger partial charge in [-0.1, -0.05) is 87.1 Å². The summed E-state index contributed by atoms with van der Waals surface area (Å²) in [5, 5.41) is 13.0. The predicted octanol–water partition coefficient (Wildman–Crippen LogP) is 3.69. The molecule has 4 rings (SSSR count). The Morgan fingerprint density at radius 3 is 2.00 bits per heavy atom. The zero-order valence-corrected chi connectivity index (χ0v) is 33.9. The number of nitrogens with one attached hydrogen (secondary N) is 4. The molecule has 3 saturated carbocycles. The lowest BCUT2D eigenvalue weighted by molar-refractivity contribution is -0.146. The van der Waals surface area contributed by atoms with Crippen molar-refractivity contribution in [3.8, 4) is 0 Å². The van der Waals surface area contributed by atoms with E-state index in [-0.39, 0.29) is 47.1 Å². The van der Waals surface area contributed by atoms with Gasteiger partial charge in [-0.2, -0.15) is 0 Å². The van der Waals surface area contributed by atoms with Crippen LogP contribution < -0.4 is 27.1 Å². The molecule has 14 nitrogen and oxygen atoms in total. The highest BCUT2D eigenvalue weighted by molar-refractivity contribution is 6.02. The molecule has 1 saturated heterocycles. The van der Waals surface area contributed by atoms with Gasteiger partial charge in [0.2, 0.25) is 29.4 Å². The fourth-order valence-corrected chi connectivity index (χ4v) is 8.58. The van der Waals surface area contributed by atoms with Crippen LogP contribution in [0.5, 0.6) is 0 Å². The van der Waals surface area contributed by atoms with Crippen LogP contribution in [0, 0.1) is 28.6 Å². The molecule has 0 bridgehead atoms. The van der Waals surface area contributed by atoms with Gasteiger partial charge >= 0.3 is 6.09 Å². The Bertz CT molecular complexity index is 1410. The molecule has 7 atom stereocenters. The van der Waals surface area contributed by atoms with Gasteiger partial charge in [-0.25, -0.2) is 10.6 Å². The molecule has 54 heavy (non-hydrogen) atoms. The van der Waals surface area contributed by atoms with Crippen LogP contribution in [0.2, 0.25) is 0 Å². The predicted molar refractivity (Wildman–Crippen MR) is 205 cm³/mol. The first kappa shape index (κ1) is 43.1. The summed E-state index contributed by atoms with van der Waals surface area (Å²) in [5.74, 6) is 3.97. The zero-order valence-electron chi connectivity index (χ0n) is 33.9. The average molecular weight is 758 g/mol. The molecule has 0 unspecified atom stereocenters. The standard InChI is InChI=1S/C40H67N7O7/c1-10-15-28(31(48)23(2)47(41)26-20-21-26)42-35(50)30-27-19-14-18-25(27)22-46(30)37(52)33(40(6,7)8)44-34(49)29(24-16-12-11-13-17-24)43-36(51)32(39(3,4)5)45-38(53)54-9/h24-30,32-33H,2,10-22,41H2,1,3-9H3,(H,42,50)(H,43,51)(H,44,49)(H,45,53)/t25-,27-,28-,29-,30-,32-,33+/m0/s1. The smallest absolute Gasteiger partial charge is 0.407 e. The fraction of sp³-hybridized carbons (Fsp3) is 0.800. The minimum absolute atomic E-state index is 0.0748. The first-order valence-electron chi connectivity index (χ1n) is 20.1. The molecule has 14 heteroatoms. The van der Waals surface area contributed by atoms with Crippen molar-refractivity contribution in [1.82, 2.24) is 31.2 Å². The molecule has 0 aromatic heterocycles. The number of fused-ring (bicyclic) bond motifs is 1. The summed E-state index contributed by atoms with van der Waals surface area (Å²) in [5.41, 5.74) is -1.30. The van der Waals surface area contributed by atoms with Crippen molar-refractivity contribution < 1.29 is 33.5 Å². The third-order valence-corrected chi connectivity index (χ3v) is 11.9. The van der Waals surface area contributed by atoms with Crippen LogP contribution in [0.25, 0.3) is 0 Å². The number of carbonyl (C=O) groups excluding carboxylic acids is 6. The maximum absolute atomic E-state index is 14.8. The maximum atomic E-state index is 14.8. The molecule has 0 aromatic rings. The number of nitrogens with two attached hydrogens (primary N) is 1. The van der Waals surface area contributed by atoms with Crippen LogP contribution >= 0.6 is 0 Å². The van der Waals surface area contributed by atoms with E-state index < -0.39 is 58.9 Å². The average Bonchev–Trinajstić information content (AvgIpc) is 3.76. The van der Waals surface area contributed by atoms with Gasteiger partial charge in [-0.15, -0.1) is 0 Å². The molecule has 0 spiro atoms. The van der Waals surface area contributed by atoms with Crippen molar-refractivity contribution in [2.24, 2.45) is 34.4 Å². The third kappa shape index (κ3) is 10.3. The molecule has 6 N–H and O–H groups in total. The summed E-state index contributed by atoms with van der Waals surface area (Å²) in [4.78, 5) is 84.8. The molecule has 304 valence electrons. The number of carbonyl (C=O) groups is 6. The Kier molecular flexibility index (Phi) is 14.2. The van der Waals surface area contributed by atoms with Crippen molar-refractivity contribution in [2.75, 3.05) is 13.7 Å². The van der Waals surface area contributed by atoms with Gasteiger partial charge in [-0.05, 0) is 73.5 Å². The Hall–Kier alpha value is -3.68. The second-order valence-electron chi connectivity index (χ2n) is 18.2. The molecular formula is C40H67N7O7. The van der Waals surface area contributed by atoms with Crippen LogP contribution in [0.3, 0.4) is 0 Å². The van der Waals surface area contributed by atoms with E-state index in [1.54, 1.807) is 4.90 Å². The van der Waals surface area contributed by atoms with Crippen molar-refractivity contribution in [3.05, 3.63) is 12.3 Å². The normalized spacial score (nSPS) is 23.9. The summed E-state index contributed by atoms with van der Waals surface area (Å²) in [7, 11) is 1.22. The van der Waals surface area contributed by atoms with Crippen LogP contribution in [0.4, 0.5) is 4.79 Å². The van der Waals surface area contributed by atoms with E-state index in [4.69, 9.17) is 10.6 Å². The van der Waals surface area contributed by atoms with E-state index in [0.717, 1.165) is 64.2 Å². The van der Waals surface area contributed by atoms with E-state index in [0.29, 0.717) is 19.4 Å². The number of nitrogens with zero attached hydrogens (tertiary/aromatic N) is 2. The topological polar surface area (TPSA) is 192 Å². The number of hydrazine groups is 1. The van der Waals surface area contributed by atoms with Gasteiger partial charge in [0.05, 0.1) is 18.8 Å². The molecule has 4 aliphatic rings. The Morgan fingerprint density at radius 2 is 1.44 bits per heavy atom. The number of rotatable bonds is 15. The number of ketones is 1. The summed E-state index contributed by atoms with van der Waals surface area (Å²) in [6.07, 6.45) is 8.95. The van der Waals surface area contributed by atoms with E-state index in [2.05, 4.69) is 27.8 Å². The first-order chi connectivity index (χ1) is 25.3. The van der Waals surface area contributed by atoms with Gasteiger partial charge < -0.3 is 35.9 Å². The van der Waals surface area contributed by atoms with Crippen molar-refractivity contribution in [3.63, 3.8) is 0 Å². The number of alkyl carbamates (subject to hydrolysis) is 1. The highest BCUT2D eigenvalue weighted by atomic mass is 16.5. The van der Waals surface area contributed by atoms with Crippen LogP contribution in [0.1, 0.15) is 126 Å². The molecule has 0 aromatic carbocycles. The second kappa shape index (κ2) is 17.8. The maximum Gasteiger partial charge on any atom is 0.407 e. The number of methoxy groups -OCH3 is 1. The van der Waals surface area contributed by atoms with Gasteiger partial charge in [0.1, 0.15) is 24.2 Å². The number of ether oxygens (including phenoxy) is 1. The lowest BCUT2D eigenvalue weighted by atomic mass is 9.81. The largest absolute Gasteiger partial charge is 0.453 e. The lowest BCUT2D eigenvalue weighted by Gasteiger charge is -2.39. The Morgan fingerprint density at radius 1 is 0.815 bits per heavy atom. The number of likely N-dealkylation sites (tertiary alicyclic amines) is 1. The highest BCUT2D eigenvalue weighted by Gasteiger charge is 2.52. The summed E-state index contributed by atoms with van der Waals surface area (Å²) >= 11 is 0. The molecule has 1 aliphatic heterocycles. The summed E-state index contributed by atoms with van der Waals surface area (Å²) < 4.78 is 4.78. The second-order valence-corrected chi connectivity index (χ2v) is 18.2. The lowest BCUT2D eigenvalue weighted by Crippen LogP contribution is -2.63. The van der Waals surface area contributed by atoms with Gasteiger partial charge in [0.25, 0.3) is 0 Å². The van der Waals surface area contributed by atoms with E-state index in [1.165, 1.54) is 12.1 Å². The Labute approximate surface area is 321 Å². The monoisotopic (exact) mass is 758 g/mol. The molecule has 4 fully saturated rings. The minimum atomic E-state index is -1.02. The third-order valence-electron chi connectivity index (χ3n) is 11.9. The summed E-state index contributed by atoms with van der Waals surface area (Å²) in [6.45, 7) is 17.3. The number of hydrogen-bond donors (Lipinski definition) is 5. The molecule has 0 radical (unpaired) electrons. The van der Waals surface area contributed by atoms with Crippen LogP contribution in [0.15, 0.2) is 12.3 Å². The molecule has 1 heterocycles. The summed E-state index contributed by atoms with van der Waals surface area (Å²) in [6, 6.07) is -4.53. The van der Waals surface area contributed by atoms with Gasteiger partial charge in [0, 0.05) is 12.6 Å². The zero-order chi connectivity index (χ0) is 40.1. The van der Waals surface area contributed by atoms with Crippen molar-refractivity contribution >= 4 is 35.5 Å². The first-order valence-corrected chi connectivity index (χ1v) is 20.1. The Balaban J connectivity index is 1.59. The number of Topliss-reactive ketones (excluding diaryl/α,β-unsaturated/α-hetero) is 1. The van der Waals surface area contributed by atoms with Crippen molar-refractivity contribution in [2.45, 2.75) is 162 Å². The van der Waals surface area contributed by atoms with Gasteiger partial charge in [-0.3, -0.25) is 24.0 Å². The van der Waals surface area contributed by atoms with E-state index in [9.17, 15) is 28.8 Å². The van der Waals surface area contributed by atoms with Crippen molar-refractivity contribution in [1.29, 1.82) is 0 Å². The fourth-order valence-electron chi connectivity index (χ4n) is 8.58. The molecular weight excluding hydrogens is 690 g/mol. The highest BCUT2D eigenvalue weighted by Crippen LogP contribution is 2.43. The number of amides is 5. The molecule has 5 amide bonds. The van der Waals surface area contributed by atoms with Crippen LogP contribution in [-0.2, 0) is 28.7 Å². The minimum Gasteiger partial charge on any atom is -0.453 e. The quantitative estimate of drug-likeness (QED) is 0.0942. The molecule has 3 aliphatic carbocycles. The van der Waals surface area contributed by atoms with E-state index in [1.807, 2.05) is 48.5 Å². The SMILES string of the molecule is C=C(C(=O)[C@H](CCC)NC(=O)[C@@H]1[C@H]2CCC[C@H]2CN1C(=O)[C@@H](NC(=O)[C@@H](NC(=O)[C@H](NC(=O)OC)C(C)(C)C)C1CCCCC1)C(C)(C)C)N(N)C1CC1. The number of hydrogen-bond acceptors (Lipinski definition) is 9. The van der Waals surface area contributed by atoms with Gasteiger partial charge in [0.15, 0.2) is 0 Å². The van der Waals surface area contributed by atoms with E-state index >= 15 is 0 Å². The van der Waals surface area contributed by atoms with Crippen LogP contribution in [-0.4, -0.2) is 95.3 Å².